The van der Waals surface area contributed by atoms with Crippen LogP contribution in [0, 0.1) is 0 Å². The van der Waals surface area contributed by atoms with Crippen LogP contribution in [0.3, 0.4) is 0 Å². The molecule has 0 fully saturated rings. The summed E-state index contributed by atoms with van der Waals surface area (Å²) in [5, 5.41) is 4.01. The summed E-state index contributed by atoms with van der Waals surface area (Å²) >= 11 is 9.52. The van der Waals surface area contributed by atoms with E-state index in [2.05, 4.69) is 41.2 Å². The molecule has 1 nitrogen and oxygen atoms in total. The number of allylic oxidation sites excluding steroid dienone is 1. The molecule has 1 N–H and O–H groups in total. The maximum atomic E-state index is 5.99. The summed E-state index contributed by atoms with van der Waals surface area (Å²) in [5.74, 6) is 0. The molecule has 0 aliphatic rings. The van der Waals surface area contributed by atoms with Gasteiger partial charge >= 0.3 is 0 Å². The van der Waals surface area contributed by atoms with Crippen molar-refractivity contribution in [3.63, 3.8) is 0 Å². The molecule has 0 amide bonds. The Bertz CT molecular complexity index is 370. The number of halogens is 2. The molecule has 1 aromatic carbocycles. The minimum Gasteiger partial charge on any atom is -0.310 e. The van der Waals surface area contributed by atoms with E-state index in [1.54, 1.807) is 0 Å². The van der Waals surface area contributed by atoms with Crippen molar-refractivity contribution >= 4 is 27.5 Å². The number of hydrogen-bond donors (Lipinski definition) is 1. The van der Waals surface area contributed by atoms with Crippen molar-refractivity contribution in [2.45, 2.75) is 19.9 Å². The van der Waals surface area contributed by atoms with Crippen molar-refractivity contribution in [3.8, 4) is 0 Å². The standard InChI is InChI=1S/C12H15BrClN/c1-8(2)6-12(15-3)10-7-9(14)4-5-11(10)13/h4-7,12,15H,1-3H3. The van der Waals surface area contributed by atoms with Gasteiger partial charge in [-0.3, -0.25) is 0 Å². The molecule has 0 spiro atoms. The molecule has 0 aromatic heterocycles. The average molecular weight is 289 g/mol. The molecular formula is C12H15BrClN. The van der Waals surface area contributed by atoms with Gasteiger partial charge in [-0.2, -0.15) is 0 Å². The molecule has 1 atom stereocenters. The highest BCUT2D eigenvalue weighted by Gasteiger charge is 2.10. The van der Waals surface area contributed by atoms with Crippen LogP contribution in [0.5, 0.6) is 0 Å². The Balaban J connectivity index is 3.11. The Kier molecular flexibility index (Phi) is 4.84. The molecule has 3 heteroatoms. The zero-order valence-corrected chi connectivity index (χ0v) is 11.5. The fraction of sp³-hybridized carbons (Fsp3) is 0.333. The number of hydrogen-bond acceptors (Lipinski definition) is 1. The second kappa shape index (κ2) is 5.69. The van der Waals surface area contributed by atoms with Gasteiger partial charge < -0.3 is 5.32 Å². The van der Waals surface area contributed by atoms with Gasteiger partial charge in [-0.1, -0.05) is 39.2 Å². The molecule has 1 aromatic rings. The van der Waals surface area contributed by atoms with Gasteiger partial charge in [0.1, 0.15) is 0 Å². The Labute approximate surface area is 105 Å². The highest BCUT2D eigenvalue weighted by atomic mass is 79.9. The Hall–Kier alpha value is -0.310. The monoisotopic (exact) mass is 287 g/mol. The van der Waals surface area contributed by atoms with E-state index >= 15 is 0 Å². The van der Waals surface area contributed by atoms with E-state index in [0.717, 1.165) is 15.1 Å². The van der Waals surface area contributed by atoms with Gasteiger partial charge in [-0.15, -0.1) is 0 Å². The first-order chi connectivity index (χ1) is 7.04. The van der Waals surface area contributed by atoms with E-state index in [0.29, 0.717) is 0 Å². The highest BCUT2D eigenvalue weighted by molar-refractivity contribution is 9.10. The molecule has 1 unspecified atom stereocenters. The predicted octanol–water partition coefficient (Wildman–Crippen LogP) is 4.33. The molecule has 0 aliphatic carbocycles. The van der Waals surface area contributed by atoms with Gasteiger partial charge in [-0.25, -0.2) is 0 Å². The highest BCUT2D eigenvalue weighted by Crippen LogP contribution is 2.27. The van der Waals surface area contributed by atoms with Crippen LogP contribution >= 0.6 is 27.5 Å². The topological polar surface area (TPSA) is 12.0 Å². The summed E-state index contributed by atoms with van der Waals surface area (Å²) in [6.07, 6.45) is 2.18. The molecule has 0 saturated heterocycles. The minimum atomic E-state index is 0.197. The lowest BCUT2D eigenvalue weighted by Crippen LogP contribution is -2.14. The molecule has 0 heterocycles. The third kappa shape index (κ3) is 3.63. The first-order valence-electron chi connectivity index (χ1n) is 4.82. The number of benzene rings is 1. The van der Waals surface area contributed by atoms with E-state index in [9.17, 15) is 0 Å². The summed E-state index contributed by atoms with van der Waals surface area (Å²) in [5.41, 5.74) is 2.44. The lowest BCUT2D eigenvalue weighted by molar-refractivity contribution is 0.707. The molecule has 15 heavy (non-hydrogen) atoms. The smallest absolute Gasteiger partial charge is 0.0518 e. The maximum absolute atomic E-state index is 5.99. The van der Waals surface area contributed by atoms with Crippen molar-refractivity contribution in [3.05, 3.63) is 44.9 Å². The van der Waals surface area contributed by atoms with E-state index in [1.165, 1.54) is 5.57 Å². The molecule has 0 saturated carbocycles. The summed E-state index contributed by atoms with van der Waals surface area (Å²) in [6, 6.07) is 6.03. The second-order valence-electron chi connectivity index (χ2n) is 3.68. The van der Waals surface area contributed by atoms with Gasteiger partial charge in [0.15, 0.2) is 0 Å². The first kappa shape index (κ1) is 12.8. The van der Waals surface area contributed by atoms with Gasteiger partial charge in [0.05, 0.1) is 6.04 Å². The van der Waals surface area contributed by atoms with Crippen molar-refractivity contribution in [2.75, 3.05) is 7.05 Å². The van der Waals surface area contributed by atoms with Crippen LogP contribution in [0.1, 0.15) is 25.5 Å². The predicted molar refractivity (Wildman–Crippen MR) is 70.4 cm³/mol. The number of rotatable bonds is 3. The molecule has 1 rings (SSSR count). The van der Waals surface area contributed by atoms with Crippen LogP contribution < -0.4 is 5.32 Å². The normalized spacial score (nSPS) is 12.3. The fourth-order valence-corrected chi connectivity index (χ4v) is 2.09. The van der Waals surface area contributed by atoms with Crippen LogP contribution in [0.15, 0.2) is 34.3 Å². The van der Waals surface area contributed by atoms with Crippen molar-refractivity contribution < 1.29 is 0 Å². The zero-order valence-electron chi connectivity index (χ0n) is 9.14. The van der Waals surface area contributed by atoms with Crippen LogP contribution in [0.4, 0.5) is 0 Å². The van der Waals surface area contributed by atoms with Crippen molar-refractivity contribution in [2.24, 2.45) is 0 Å². The minimum absolute atomic E-state index is 0.197. The third-order valence-corrected chi connectivity index (χ3v) is 3.06. The van der Waals surface area contributed by atoms with Crippen LogP contribution in [0.2, 0.25) is 5.02 Å². The largest absolute Gasteiger partial charge is 0.310 e. The third-order valence-electron chi connectivity index (χ3n) is 2.10. The van der Waals surface area contributed by atoms with Crippen molar-refractivity contribution in [1.29, 1.82) is 0 Å². The van der Waals surface area contributed by atoms with Gasteiger partial charge in [0, 0.05) is 9.50 Å². The number of nitrogens with one attached hydrogen (secondary N) is 1. The summed E-state index contributed by atoms with van der Waals surface area (Å²) < 4.78 is 1.07. The van der Waals surface area contributed by atoms with E-state index in [-0.39, 0.29) is 6.04 Å². The summed E-state index contributed by atoms with van der Waals surface area (Å²) in [4.78, 5) is 0. The lowest BCUT2D eigenvalue weighted by Gasteiger charge is -2.15. The Morgan fingerprint density at radius 3 is 2.67 bits per heavy atom. The van der Waals surface area contributed by atoms with Crippen LogP contribution in [0.25, 0.3) is 0 Å². The quantitative estimate of drug-likeness (QED) is 0.816. The molecule has 0 bridgehead atoms. The van der Waals surface area contributed by atoms with E-state index in [4.69, 9.17) is 11.6 Å². The fourth-order valence-electron chi connectivity index (χ4n) is 1.41. The van der Waals surface area contributed by atoms with Crippen molar-refractivity contribution in [1.82, 2.24) is 5.32 Å². The average Bonchev–Trinajstić information content (AvgIpc) is 2.18. The second-order valence-corrected chi connectivity index (χ2v) is 4.97. The molecule has 82 valence electrons. The first-order valence-corrected chi connectivity index (χ1v) is 5.99. The van der Waals surface area contributed by atoms with E-state index < -0.39 is 0 Å². The maximum Gasteiger partial charge on any atom is 0.0518 e. The van der Waals surface area contributed by atoms with Gasteiger partial charge in [-0.05, 0) is 44.7 Å². The summed E-state index contributed by atoms with van der Waals surface area (Å²) in [7, 11) is 1.94. The van der Waals surface area contributed by atoms with Gasteiger partial charge in [0.2, 0.25) is 0 Å². The molecular weight excluding hydrogens is 273 g/mol. The van der Waals surface area contributed by atoms with Gasteiger partial charge in [0.25, 0.3) is 0 Å². The van der Waals surface area contributed by atoms with Crippen LogP contribution in [-0.4, -0.2) is 7.05 Å². The molecule has 0 radical (unpaired) electrons. The lowest BCUT2D eigenvalue weighted by atomic mass is 10.1. The Morgan fingerprint density at radius 1 is 1.47 bits per heavy atom. The zero-order chi connectivity index (χ0) is 11.4. The Morgan fingerprint density at radius 2 is 2.13 bits per heavy atom. The molecule has 0 aliphatic heterocycles. The van der Waals surface area contributed by atoms with Crippen LogP contribution in [-0.2, 0) is 0 Å². The van der Waals surface area contributed by atoms with E-state index in [1.807, 2.05) is 25.2 Å². The number of likely N-dealkylation sites (N-methyl/N-ethyl adjacent to an activating group) is 1. The SMILES string of the molecule is CNC(C=C(C)C)c1cc(Cl)ccc1Br. The summed E-state index contributed by atoms with van der Waals surface area (Å²) in [6.45, 7) is 4.17.